The van der Waals surface area contributed by atoms with Gasteiger partial charge in [0.1, 0.15) is 5.75 Å². The first kappa shape index (κ1) is 17.8. The van der Waals surface area contributed by atoms with Gasteiger partial charge in [0.2, 0.25) is 5.91 Å². The van der Waals surface area contributed by atoms with Crippen molar-refractivity contribution in [3.63, 3.8) is 0 Å². The molecule has 0 bridgehead atoms. The third kappa shape index (κ3) is 5.84. The second-order valence-corrected chi connectivity index (χ2v) is 6.67. The third-order valence-electron chi connectivity index (χ3n) is 4.10. The van der Waals surface area contributed by atoms with E-state index < -0.39 is 0 Å². The molecule has 0 aromatic heterocycles. The number of hydrogen-bond donors (Lipinski definition) is 1. The number of rotatable bonds is 6. The highest BCUT2D eigenvalue weighted by Gasteiger charge is 2.22. The summed E-state index contributed by atoms with van der Waals surface area (Å²) in [6.07, 6.45) is 0.172. The molecule has 0 aliphatic carbocycles. The molecule has 1 fully saturated rings. The molecule has 1 aliphatic heterocycles. The van der Waals surface area contributed by atoms with Gasteiger partial charge in [-0.15, -0.1) is 0 Å². The van der Waals surface area contributed by atoms with Gasteiger partial charge < -0.3 is 15.0 Å². The van der Waals surface area contributed by atoms with E-state index in [1.807, 2.05) is 38.1 Å². The highest BCUT2D eigenvalue weighted by molar-refractivity contribution is 5.78. The Morgan fingerprint density at radius 3 is 2.61 bits per heavy atom. The van der Waals surface area contributed by atoms with Gasteiger partial charge in [0.05, 0.1) is 12.6 Å². The molecular weight excluding hydrogens is 290 g/mol. The number of piperazine rings is 1. The number of carbonyl (C=O) groups excluding carboxylic acids is 1. The van der Waals surface area contributed by atoms with Crippen LogP contribution in [0.25, 0.3) is 0 Å². The average molecular weight is 319 g/mol. The number of hydrogen-bond acceptors (Lipinski definition) is 4. The van der Waals surface area contributed by atoms with E-state index in [4.69, 9.17) is 4.74 Å². The minimum absolute atomic E-state index is 0.0870. The molecule has 0 unspecified atom stereocenters. The number of nitrogens with one attached hydrogen (secondary N) is 1. The van der Waals surface area contributed by atoms with Crippen molar-refractivity contribution in [2.75, 3.05) is 33.2 Å². The molecule has 23 heavy (non-hydrogen) atoms. The molecule has 1 amide bonds. The van der Waals surface area contributed by atoms with E-state index in [1.54, 1.807) is 0 Å². The molecule has 5 heteroatoms. The summed E-state index contributed by atoms with van der Waals surface area (Å²) in [4.78, 5) is 16.7. The summed E-state index contributed by atoms with van der Waals surface area (Å²) in [5.41, 5.74) is 1.08. The number of carbonyl (C=O) groups is 1. The van der Waals surface area contributed by atoms with Crippen molar-refractivity contribution in [2.24, 2.45) is 0 Å². The Labute approximate surface area is 139 Å². The zero-order chi connectivity index (χ0) is 16.8. The van der Waals surface area contributed by atoms with Gasteiger partial charge >= 0.3 is 0 Å². The van der Waals surface area contributed by atoms with E-state index >= 15 is 0 Å². The molecule has 1 saturated heterocycles. The van der Waals surface area contributed by atoms with Gasteiger partial charge in [0.25, 0.3) is 0 Å². The molecule has 1 aromatic rings. The second kappa shape index (κ2) is 8.31. The highest BCUT2D eigenvalue weighted by Crippen LogP contribution is 2.13. The SMILES string of the molecule is CC(C)Oc1ccc(CNC(=O)CN2CCN(C)C[C@@H]2C)cc1. The summed E-state index contributed by atoms with van der Waals surface area (Å²) in [5.74, 6) is 0.949. The topological polar surface area (TPSA) is 44.8 Å². The Kier molecular flexibility index (Phi) is 6.42. The number of likely N-dealkylation sites (N-methyl/N-ethyl adjacent to an activating group) is 1. The lowest BCUT2D eigenvalue weighted by molar-refractivity contribution is -0.123. The fraction of sp³-hybridized carbons (Fsp3) is 0.611. The molecule has 0 spiro atoms. The fourth-order valence-electron chi connectivity index (χ4n) is 2.81. The minimum atomic E-state index is 0.0870. The first-order chi connectivity index (χ1) is 10.9. The maximum absolute atomic E-state index is 12.1. The predicted molar refractivity (Wildman–Crippen MR) is 92.6 cm³/mol. The molecule has 1 N–H and O–H groups in total. The van der Waals surface area contributed by atoms with E-state index in [9.17, 15) is 4.79 Å². The Morgan fingerprint density at radius 1 is 1.30 bits per heavy atom. The van der Waals surface area contributed by atoms with Crippen molar-refractivity contribution in [1.82, 2.24) is 15.1 Å². The van der Waals surface area contributed by atoms with Crippen LogP contribution in [0.2, 0.25) is 0 Å². The van der Waals surface area contributed by atoms with E-state index in [-0.39, 0.29) is 12.0 Å². The maximum Gasteiger partial charge on any atom is 0.234 e. The van der Waals surface area contributed by atoms with Crippen molar-refractivity contribution in [3.05, 3.63) is 29.8 Å². The smallest absolute Gasteiger partial charge is 0.234 e. The van der Waals surface area contributed by atoms with Crippen LogP contribution in [0, 0.1) is 0 Å². The van der Waals surface area contributed by atoms with Gasteiger partial charge in [-0.3, -0.25) is 9.69 Å². The summed E-state index contributed by atoms with van der Waals surface area (Å²) < 4.78 is 5.62. The van der Waals surface area contributed by atoms with Crippen molar-refractivity contribution >= 4 is 5.91 Å². The van der Waals surface area contributed by atoms with Crippen molar-refractivity contribution in [3.8, 4) is 5.75 Å². The number of nitrogens with zero attached hydrogens (tertiary/aromatic N) is 2. The summed E-state index contributed by atoms with van der Waals surface area (Å²) in [5, 5.41) is 3.00. The summed E-state index contributed by atoms with van der Waals surface area (Å²) in [6, 6.07) is 8.31. The largest absolute Gasteiger partial charge is 0.491 e. The first-order valence-electron chi connectivity index (χ1n) is 8.39. The molecule has 128 valence electrons. The van der Waals surface area contributed by atoms with Gasteiger partial charge in [-0.1, -0.05) is 12.1 Å². The van der Waals surface area contributed by atoms with Crippen LogP contribution in [0.4, 0.5) is 0 Å². The van der Waals surface area contributed by atoms with Crippen molar-refractivity contribution < 1.29 is 9.53 Å². The summed E-state index contributed by atoms with van der Waals surface area (Å²) in [7, 11) is 2.13. The van der Waals surface area contributed by atoms with Gasteiger partial charge in [-0.25, -0.2) is 0 Å². The zero-order valence-electron chi connectivity index (χ0n) is 14.7. The number of amides is 1. The van der Waals surface area contributed by atoms with Gasteiger partial charge in [-0.2, -0.15) is 0 Å². The monoisotopic (exact) mass is 319 g/mol. The van der Waals surface area contributed by atoms with E-state index in [0.29, 0.717) is 19.1 Å². The minimum Gasteiger partial charge on any atom is -0.491 e. The molecular formula is C18H29N3O2. The average Bonchev–Trinajstić information content (AvgIpc) is 2.49. The van der Waals surface area contributed by atoms with Crippen molar-refractivity contribution in [2.45, 2.75) is 39.5 Å². The van der Waals surface area contributed by atoms with Gasteiger partial charge in [0, 0.05) is 32.2 Å². The lowest BCUT2D eigenvalue weighted by Gasteiger charge is -2.37. The maximum atomic E-state index is 12.1. The fourth-order valence-corrected chi connectivity index (χ4v) is 2.81. The van der Waals surface area contributed by atoms with Crippen LogP contribution in [0.3, 0.4) is 0 Å². The van der Waals surface area contributed by atoms with Crippen LogP contribution in [-0.2, 0) is 11.3 Å². The van der Waals surface area contributed by atoms with E-state index in [2.05, 4.69) is 29.1 Å². The molecule has 1 aromatic carbocycles. The second-order valence-electron chi connectivity index (χ2n) is 6.67. The van der Waals surface area contributed by atoms with Crippen LogP contribution in [-0.4, -0.2) is 61.1 Å². The number of benzene rings is 1. The Morgan fingerprint density at radius 2 is 2.00 bits per heavy atom. The van der Waals surface area contributed by atoms with Crippen LogP contribution < -0.4 is 10.1 Å². The normalized spacial score (nSPS) is 19.8. The molecule has 0 radical (unpaired) electrons. The zero-order valence-corrected chi connectivity index (χ0v) is 14.7. The lowest BCUT2D eigenvalue weighted by atomic mass is 10.2. The molecule has 1 atom stereocenters. The Hall–Kier alpha value is -1.59. The van der Waals surface area contributed by atoms with E-state index in [0.717, 1.165) is 30.9 Å². The molecule has 1 heterocycles. The van der Waals surface area contributed by atoms with Gasteiger partial charge in [0.15, 0.2) is 0 Å². The van der Waals surface area contributed by atoms with Crippen LogP contribution >= 0.6 is 0 Å². The van der Waals surface area contributed by atoms with Crippen LogP contribution in [0.15, 0.2) is 24.3 Å². The standard InChI is InChI=1S/C18H29N3O2/c1-14(2)23-17-7-5-16(6-8-17)11-19-18(22)13-21-10-9-20(4)12-15(21)3/h5-8,14-15H,9-13H2,1-4H3,(H,19,22)/t15-/m0/s1. The van der Waals surface area contributed by atoms with Crippen molar-refractivity contribution in [1.29, 1.82) is 0 Å². The van der Waals surface area contributed by atoms with Crippen LogP contribution in [0.5, 0.6) is 5.75 Å². The van der Waals surface area contributed by atoms with Crippen LogP contribution in [0.1, 0.15) is 26.3 Å². The highest BCUT2D eigenvalue weighted by atomic mass is 16.5. The lowest BCUT2D eigenvalue weighted by Crippen LogP contribution is -2.53. The van der Waals surface area contributed by atoms with E-state index in [1.165, 1.54) is 0 Å². The third-order valence-corrected chi connectivity index (χ3v) is 4.10. The molecule has 2 rings (SSSR count). The molecule has 1 aliphatic rings. The quantitative estimate of drug-likeness (QED) is 0.867. The van der Waals surface area contributed by atoms with Gasteiger partial charge in [-0.05, 0) is 45.5 Å². The first-order valence-corrected chi connectivity index (χ1v) is 8.39. The number of ether oxygens (including phenoxy) is 1. The Bertz CT molecular complexity index is 501. The molecule has 0 saturated carbocycles. The predicted octanol–water partition coefficient (Wildman–Crippen LogP) is 1.73. The summed E-state index contributed by atoms with van der Waals surface area (Å²) >= 11 is 0. The summed E-state index contributed by atoms with van der Waals surface area (Å²) in [6.45, 7) is 10.2. The molecule has 5 nitrogen and oxygen atoms in total. The Balaban J connectivity index is 1.75.